The number of nitro groups is 1. The maximum atomic E-state index is 13.1. The number of non-ortho nitro benzene ring substituents is 1. The summed E-state index contributed by atoms with van der Waals surface area (Å²) in [4.78, 5) is 31.3. The molecule has 1 fully saturated rings. The van der Waals surface area contributed by atoms with E-state index in [9.17, 15) is 28.1 Å². The van der Waals surface area contributed by atoms with Gasteiger partial charge in [0.25, 0.3) is 11.2 Å². The molecule has 0 unspecified atom stereocenters. The molecule has 0 bridgehead atoms. The van der Waals surface area contributed by atoms with Crippen LogP contribution < -0.4 is 10.5 Å². The van der Waals surface area contributed by atoms with E-state index in [4.69, 9.17) is 0 Å². The maximum absolute atomic E-state index is 13.1. The van der Waals surface area contributed by atoms with Crippen molar-refractivity contribution in [2.24, 2.45) is 0 Å². The zero-order valence-corrected chi connectivity index (χ0v) is 19.3. The van der Waals surface area contributed by atoms with Crippen molar-refractivity contribution in [3.63, 3.8) is 0 Å². The second kappa shape index (κ2) is 11.2. The maximum Gasteiger partial charge on any atom is 0.416 e. The van der Waals surface area contributed by atoms with Crippen LogP contribution in [-0.2, 0) is 6.18 Å². The lowest BCUT2D eigenvalue weighted by Gasteiger charge is -2.22. The molecule has 0 aliphatic carbocycles. The molecule has 0 atom stereocenters. The first-order valence-corrected chi connectivity index (χ1v) is 11.2. The summed E-state index contributed by atoms with van der Waals surface area (Å²) in [5, 5.41) is 11.4. The number of hydrogen-bond donors (Lipinski definition) is 0. The van der Waals surface area contributed by atoms with Crippen LogP contribution in [0.2, 0.25) is 0 Å². The second-order valence-corrected chi connectivity index (χ2v) is 8.65. The van der Waals surface area contributed by atoms with E-state index in [1.807, 2.05) is 4.90 Å². The number of rotatable bonds is 7. The summed E-state index contributed by atoms with van der Waals surface area (Å²) in [7, 11) is 0. The molecule has 0 amide bonds. The Bertz CT molecular complexity index is 1000. The van der Waals surface area contributed by atoms with E-state index < -0.39 is 27.9 Å². The molecule has 1 aromatic heterocycles. The molecular formula is C20H26ClF3N4O3S. The third-order valence-electron chi connectivity index (χ3n) is 5.40. The molecule has 0 spiro atoms. The van der Waals surface area contributed by atoms with Crippen LogP contribution in [0.1, 0.15) is 44.6 Å². The molecule has 1 aromatic carbocycles. The largest absolute Gasteiger partial charge is 0.416 e. The molecule has 1 saturated heterocycles. The van der Waals surface area contributed by atoms with E-state index in [-0.39, 0.29) is 22.5 Å². The van der Waals surface area contributed by atoms with E-state index in [1.165, 1.54) is 19.3 Å². The molecule has 2 aromatic rings. The minimum absolute atomic E-state index is 0. The summed E-state index contributed by atoms with van der Waals surface area (Å²) < 4.78 is 39.3. The summed E-state index contributed by atoms with van der Waals surface area (Å²) in [6, 6.07) is 1.14. The Labute approximate surface area is 193 Å². The van der Waals surface area contributed by atoms with Crippen LogP contribution in [0.25, 0.3) is 10.1 Å². The Balaban J connectivity index is 0.00000363. The summed E-state index contributed by atoms with van der Waals surface area (Å²) in [5.41, 5.74) is -2.82. The van der Waals surface area contributed by atoms with E-state index in [0.29, 0.717) is 30.4 Å². The van der Waals surface area contributed by atoms with Gasteiger partial charge in [0, 0.05) is 25.7 Å². The molecule has 32 heavy (non-hydrogen) atoms. The molecule has 2 heterocycles. The Morgan fingerprint density at radius 1 is 1.16 bits per heavy atom. The van der Waals surface area contributed by atoms with Crippen LogP contribution in [0.15, 0.2) is 16.9 Å². The Kier molecular flexibility index (Phi) is 9.23. The zero-order chi connectivity index (χ0) is 22.6. The molecule has 0 saturated carbocycles. The number of benzene rings is 1. The first-order valence-electron chi connectivity index (χ1n) is 10.4. The van der Waals surface area contributed by atoms with Gasteiger partial charge in [0.2, 0.25) is 0 Å². The summed E-state index contributed by atoms with van der Waals surface area (Å²) in [6.45, 7) is 6.11. The quantitative estimate of drug-likeness (QED) is 0.303. The highest BCUT2D eigenvalue weighted by molar-refractivity contribution is 7.22. The lowest BCUT2D eigenvalue weighted by atomic mass is 10.1. The normalized spacial score (nSPS) is 15.4. The fraction of sp³-hybridized carbons (Fsp3) is 0.600. The fourth-order valence-electron chi connectivity index (χ4n) is 3.72. The van der Waals surface area contributed by atoms with Crippen molar-refractivity contribution < 1.29 is 18.1 Å². The third-order valence-corrected chi connectivity index (χ3v) is 6.57. The van der Waals surface area contributed by atoms with E-state index in [2.05, 4.69) is 16.8 Å². The molecule has 1 aliphatic heterocycles. The van der Waals surface area contributed by atoms with Gasteiger partial charge in [-0.05, 0) is 32.0 Å². The van der Waals surface area contributed by atoms with Gasteiger partial charge in [0.05, 0.1) is 15.9 Å². The number of nitrogens with zero attached hydrogens (tertiary/aromatic N) is 4. The Morgan fingerprint density at radius 2 is 1.91 bits per heavy atom. The minimum atomic E-state index is -4.79. The highest BCUT2D eigenvalue weighted by Gasteiger charge is 2.34. The first-order chi connectivity index (χ1) is 14.7. The average molecular weight is 495 g/mol. The molecule has 0 N–H and O–H groups in total. The Morgan fingerprint density at radius 3 is 2.56 bits per heavy atom. The number of anilines is 1. The molecule has 3 rings (SSSR count). The van der Waals surface area contributed by atoms with Crippen molar-refractivity contribution >= 4 is 44.6 Å². The second-order valence-electron chi connectivity index (χ2n) is 7.67. The van der Waals surface area contributed by atoms with E-state index >= 15 is 0 Å². The van der Waals surface area contributed by atoms with Gasteiger partial charge in [0.15, 0.2) is 5.13 Å². The summed E-state index contributed by atoms with van der Waals surface area (Å²) >= 11 is 0.904. The topological polar surface area (TPSA) is 79.6 Å². The Hall–Kier alpha value is -1.98. The highest BCUT2D eigenvalue weighted by atomic mass is 35.5. The number of halogens is 4. The molecule has 178 valence electrons. The van der Waals surface area contributed by atoms with E-state index in [1.54, 1.807) is 0 Å². The van der Waals surface area contributed by atoms with Gasteiger partial charge >= 0.3 is 6.18 Å². The fourth-order valence-corrected chi connectivity index (χ4v) is 4.84. The van der Waals surface area contributed by atoms with Gasteiger partial charge in [-0.25, -0.2) is 0 Å². The van der Waals surface area contributed by atoms with E-state index in [0.717, 1.165) is 43.8 Å². The summed E-state index contributed by atoms with van der Waals surface area (Å²) in [5.74, 6) is 0. The number of hydrogen-bond acceptors (Lipinski definition) is 7. The monoisotopic (exact) mass is 494 g/mol. The highest BCUT2D eigenvalue weighted by Crippen LogP contribution is 2.38. The van der Waals surface area contributed by atoms with Crippen LogP contribution in [0, 0.1) is 10.1 Å². The van der Waals surface area contributed by atoms with Crippen LogP contribution in [-0.4, -0.2) is 47.5 Å². The molecular weight excluding hydrogens is 469 g/mol. The lowest BCUT2D eigenvalue weighted by Crippen LogP contribution is -2.32. The van der Waals surface area contributed by atoms with Crippen LogP contribution >= 0.6 is 23.7 Å². The van der Waals surface area contributed by atoms with Crippen molar-refractivity contribution in [2.45, 2.75) is 45.2 Å². The van der Waals surface area contributed by atoms with Crippen LogP contribution in [0.3, 0.4) is 0 Å². The SMILES string of the molecule is CCCCCCN1CCCN(c2nc(=O)c3cc(C(F)(F)F)cc([N+](=O)[O-])c3s2)CC1.Cl. The summed E-state index contributed by atoms with van der Waals surface area (Å²) in [6.07, 6.45) is 0.765. The van der Waals surface area contributed by atoms with Gasteiger partial charge < -0.3 is 9.80 Å². The van der Waals surface area contributed by atoms with Gasteiger partial charge in [0.1, 0.15) is 4.70 Å². The van der Waals surface area contributed by atoms with Gasteiger partial charge in [-0.2, -0.15) is 18.2 Å². The molecule has 1 aliphatic rings. The zero-order valence-electron chi connectivity index (χ0n) is 17.7. The number of fused-ring (bicyclic) bond motifs is 1. The van der Waals surface area contributed by atoms with Gasteiger partial charge in [-0.15, -0.1) is 12.4 Å². The van der Waals surface area contributed by atoms with Crippen LogP contribution in [0.4, 0.5) is 24.0 Å². The number of unbranched alkanes of at least 4 members (excludes halogenated alkanes) is 3. The first kappa shape index (κ1) is 26.3. The minimum Gasteiger partial charge on any atom is -0.347 e. The standard InChI is InChI=1S/C20H25F3N4O3S.ClH/c1-2-3-4-5-7-25-8-6-9-26(11-10-25)19-24-18(28)15-12-14(20(21,22)23)13-16(27(29)30)17(15)31-19;/h12-13H,2-11H2,1H3;1H. The van der Waals surface area contributed by atoms with Crippen molar-refractivity contribution in [1.82, 2.24) is 9.88 Å². The predicted octanol–water partition coefficient (Wildman–Crippen LogP) is 5.10. The number of alkyl halides is 3. The average Bonchev–Trinajstić information content (AvgIpc) is 2.95. The van der Waals surface area contributed by atoms with Crippen molar-refractivity contribution in [1.29, 1.82) is 0 Å². The molecule has 0 radical (unpaired) electrons. The lowest BCUT2D eigenvalue weighted by molar-refractivity contribution is -0.383. The van der Waals surface area contributed by atoms with Crippen LogP contribution in [0.5, 0.6) is 0 Å². The van der Waals surface area contributed by atoms with Crippen molar-refractivity contribution in [3.05, 3.63) is 38.2 Å². The van der Waals surface area contributed by atoms with Crippen molar-refractivity contribution in [2.75, 3.05) is 37.6 Å². The number of aromatic nitrogens is 1. The predicted molar refractivity (Wildman–Crippen MR) is 122 cm³/mol. The smallest absolute Gasteiger partial charge is 0.347 e. The van der Waals surface area contributed by atoms with Gasteiger partial charge in [-0.1, -0.05) is 37.5 Å². The van der Waals surface area contributed by atoms with Crippen molar-refractivity contribution in [3.8, 4) is 0 Å². The molecule has 12 heteroatoms. The number of nitro benzene ring substituents is 1. The van der Waals surface area contributed by atoms with Gasteiger partial charge in [-0.3, -0.25) is 14.9 Å². The third kappa shape index (κ3) is 6.29. The molecule has 7 nitrogen and oxygen atoms in total.